The van der Waals surface area contributed by atoms with Gasteiger partial charge in [0.05, 0.1) is 19.2 Å². The van der Waals surface area contributed by atoms with Crippen LogP contribution in [0, 0.1) is 0 Å². The second kappa shape index (κ2) is 8.57. The molecule has 21 heavy (non-hydrogen) atoms. The van der Waals surface area contributed by atoms with Crippen molar-refractivity contribution in [2.24, 2.45) is 0 Å². The fraction of sp³-hybridized carbons (Fsp3) is 0.357. The van der Waals surface area contributed by atoms with E-state index in [0.717, 1.165) is 0 Å². The van der Waals surface area contributed by atoms with Crippen molar-refractivity contribution in [3.63, 3.8) is 0 Å². The molecule has 0 saturated heterocycles. The van der Waals surface area contributed by atoms with E-state index in [4.69, 9.17) is 9.47 Å². The molecule has 0 fully saturated rings. The molecule has 0 unspecified atom stereocenters. The van der Waals surface area contributed by atoms with Gasteiger partial charge in [-0.25, -0.2) is 0 Å². The molecule has 0 aliphatic rings. The van der Waals surface area contributed by atoms with Crippen LogP contribution in [0.2, 0.25) is 0 Å². The molecule has 0 heterocycles. The summed E-state index contributed by atoms with van der Waals surface area (Å²) in [4.78, 5) is 33.6. The average Bonchev–Trinajstić information content (AvgIpc) is 2.51. The minimum Gasteiger partial charge on any atom is -0.497 e. The number of aldehydes is 1. The maximum absolute atomic E-state index is 11.5. The number of amides is 2. The zero-order chi connectivity index (χ0) is 15.7. The van der Waals surface area contributed by atoms with Gasteiger partial charge >= 0.3 is 0 Å². The summed E-state index contributed by atoms with van der Waals surface area (Å²) in [6.07, 6.45) is 0.616. The molecule has 0 spiro atoms. The Kier molecular flexibility index (Phi) is 6.73. The van der Waals surface area contributed by atoms with Crippen molar-refractivity contribution in [2.75, 3.05) is 26.8 Å². The molecule has 1 rings (SSSR count). The van der Waals surface area contributed by atoms with Crippen LogP contribution < -0.4 is 20.1 Å². The van der Waals surface area contributed by atoms with Crippen molar-refractivity contribution >= 4 is 18.1 Å². The van der Waals surface area contributed by atoms with E-state index in [1.807, 2.05) is 0 Å². The predicted octanol–water partition coefficient (Wildman–Crippen LogP) is 0.139. The lowest BCUT2D eigenvalue weighted by Crippen LogP contribution is -2.38. The number of likely N-dealkylation sites (N-methyl/N-ethyl adjacent to an activating group) is 1. The summed E-state index contributed by atoms with van der Waals surface area (Å²) in [5, 5.41) is 4.96. The summed E-state index contributed by atoms with van der Waals surface area (Å²) in [7, 11) is 1.49. The standard InChI is InChI=1S/C14H18N2O5/c1-3-15-13(18)7-16-14(19)9-21-12-5-4-11(20-2)6-10(12)8-17/h4-6,8H,3,7,9H2,1-2H3,(H,15,18)(H,16,19). The monoisotopic (exact) mass is 294 g/mol. The lowest BCUT2D eigenvalue weighted by Gasteiger charge is -2.10. The first-order valence-electron chi connectivity index (χ1n) is 6.40. The van der Waals surface area contributed by atoms with Gasteiger partial charge < -0.3 is 20.1 Å². The molecule has 2 N–H and O–H groups in total. The first-order valence-corrected chi connectivity index (χ1v) is 6.40. The van der Waals surface area contributed by atoms with Crippen molar-refractivity contribution in [1.82, 2.24) is 10.6 Å². The third-order valence-electron chi connectivity index (χ3n) is 2.52. The molecule has 1 aromatic rings. The van der Waals surface area contributed by atoms with Crippen LogP contribution in [0.3, 0.4) is 0 Å². The van der Waals surface area contributed by atoms with Gasteiger partial charge in [-0.1, -0.05) is 0 Å². The Hall–Kier alpha value is -2.57. The van der Waals surface area contributed by atoms with Crippen LogP contribution in [0.15, 0.2) is 18.2 Å². The van der Waals surface area contributed by atoms with Gasteiger partial charge in [0, 0.05) is 6.54 Å². The molecular weight excluding hydrogens is 276 g/mol. The number of carbonyl (C=O) groups excluding carboxylic acids is 3. The summed E-state index contributed by atoms with van der Waals surface area (Å²) < 4.78 is 10.2. The quantitative estimate of drug-likeness (QED) is 0.665. The summed E-state index contributed by atoms with van der Waals surface area (Å²) in [6, 6.07) is 4.67. The van der Waals surface area contributed by atoms with Crippen molar-refractivity contribution in [2.45, 2.75) is 6.92 Å². The highest BCUT2D eigenvalue weighted by atomic mass is 16.5. The SMILES string of the molecule is CCNC(=O)CNC(=O)COc1ccc(OC)cc1C=O. The van der Waals surface area contributed by atoms with E-state index in [2.05, 4.69) is 10.6 Å². The highest BCUT2D eigenvalue weighted by molar-refractivity contribution is 5.85. The second-order valence-corrected chi connectivity index (χ2v) is 4.04. The smallest absolute Gasteiger partial charge is 0.258 e. The lowest BCUT2D eigenvalue weighted by molar-refractivity contribution is -0.127. The summed E-state index contributed by atoms with van der Waals surface area (Å²) in [6.45, 7) is 1.89. The molecule has 2 amide bonds. The van der Waals surface area contributed by atoms with Gasteiger partial charge in [0.25, 0.3) is 5.91 Å². The van der Waals surface area contributed by atoms with Crippen LogP contribution in [0.5, 0.6) is 11.5 Å². The fourth-order valence-electron chi connectivity index (χ4n) is 1.51. The number of ether oxygens (including phenoxy) is 2. The molecule has 1 aromatic carbocycles. The van der Waals surface area contributed by atoms with E-state index >= 15 is 0 Å². The fourth-order valence-corrected chi connectivity index (χ4v) is 1.51. The number of methoxy groups -OCH3 is 1. The zero-order valence-electron chi connectivity index (χ0n) is 12.0. The Morgan fingerprint density at radius 3 is 2.62 bits per heavy atom. The molecule has 0 aliphatic heterocycles. The Balaban J connectivity index is 2.49. The average molecular weight is 294 g/mol. The van der Waals surface area contributed by atoms with Crippen LogP contribution in [0.25, 0.3) is 0 Å². The molecular formula is C14H18N2O5. The lowest BCUT2D eigenvalue weighted by atomic mass is 10.2. The highest BCUT2D eigenvalue weighted by Gasteiger charge is 2.09. The number of carbonyl (C=O) groups is 3. The predicted molar refractivity (Wildman–Crippen MR) is 75.6 cm³/mol. The largest absolute Gasteiger partial charge is 0.497 e. The molecule has 0 atom stereocenters. The van der Waals surface area contributed by atoms with Gasteiger partial charge in [-0.15, -0.1) is 0 Å². The van der Waals surface area contributed by atoms with E-state index < -0.39 is 5.91 Å². The van der Waals surface area contributed by atoms with Crippen LogP contribution in [0.4, 0.5) is 0 Å². The molecule has 0 bridgehead atoms. The molecule has 0 aromatic heterocycles. The van der Waals surface area contributed by atoms with E-state index in [1.54, 1.807) is 19.1 Å². The van der Waals surface area contributed by atoms with E-state index in [1.165, 1.54) is 13.2 Å². The Labute approximate surface area is 122 Å². The minimum absolute atomic E-state index is 0.112. The minimum atomic E-state index is -0.450. The van der Waals surface area contributed by atoms with Gasteiger partial charge in [0.1, 0.15) is 11.5 Å². The number of nitrogens with one attached hydrogen (secondary N) is 2. The van der Waals surface area contributed by atoms with Crippen LogP contribution in [0.1, 0.15) is 17.3 Å². The number of benzene rings is 1. The van der Waals surface area contributed by atoms with Crippen LogP contribution in [-0.4, -0.2) is 44.9 Å². The van der Waals surface area contributed by atoms with E-state index in [9.17, 15) is 14.4 Å². The first-order chi connectivity index (χ1) is 10.1. The second-order valence-electron chi connectivity index (χ2n) is 4.04. The molecule has 7 nitrogen and oxygen atoms in total. The normalized spacial score (nSPS) is 9.62. The molecule has 0 saturated carbocycles. The molecule has 7 heteroatoms. The highest BCUT2D eigenvalue weighted by Crippen LogP contribution is 2.22. The van der Waals surface area contributed by atoms with Gasteiger partial charge in [-0.2, -0.15) is 0 Å². The van der Waals surface area contributed by atoms with Gasteiger partial charge in [-0.05, 0) is 25.1 Å². The van der Waals surface area contributed by atoms with Gasteiger partial charge in [0.2, 0.25) is 5.91 Å². The molecule has 114 valence electrons. The third-order valence-corrected chi connectivity index (χ3v) is 2.52. The summed E-state index contributed by atoms with van der Waals surface area (Å²) in [5.74, 6) is 0.0712. The maximum Gasteiger partial charge on any atom is 0.258 e. The Morgan fingerprint density at radius 2 is 2.00 bits per heavy atom. The molecule has 0 aliphatic carbocycles. The zero-order valence-corrected chi connectivity index (χ0v) is 12.0. The Bertz CT molecular complexity index is 516. The van der Waals surface area contributed by atoms with Gasteiger partial charge in [-0.3, -0.25) is 14.4 Å². The summed E-state index contributed by atoms with van der Waals surface area (Å²) >= 11 is 0. The van der Waals surface area contributed by atoms with Crippen molar-refractivity contribution in [1.29, 1.82) is 0 Å². The van der Waals surface area contributed by atoms with Crippen LogP contribution >= 0.6 is 0 Å². The van der Waals surface area contributed by atoms with E-state index in [0.29, 0.717) is 18.6 Å². The van der Waals surface area contributed by atoms with Crippen LogP contribution in [-0.2, 0) is 9.59 Å². The Morgan fingerprint density at radius 1 is 1.24 bits per heavy atom. The maximum atomic E-state index is 11.5. The van der Waals surface area contributed by atoms with Crippen molar-refractivity contribution in [3.8, 4) is 11.5 Å². The molecule has 0 radical (unpaired) electrons. The van der Waals surface area contributed by atoms with Crippen molar-refractivity contribution in [3.05, 3.63) is 23.8 Å². The summed E-state index contributed by atoms with van der Waals surface area (Å²) in [5.41, 5.74) is 0.283. The number of rotatable bonds is 8. The number of hydrogen-bond acceptors (Lipinski definition) is 5. The first kappa shape index (κ1) is 16.5. The van der Waals surface area contributed by atoms with Crippen molar-refractivity contribution < 1.29 is 23.9 Å². The number of hydrogen-bond donors (Lipinski definition) is 2. The van der Waals surface area contributed by atoms with E-state index in [-0.39, 0.29) is 30.4 Å². The third kappa shape index (κ3) is 5.52. The topological polar surface area (TPSA) is 93.7 Å². The van der Waals surface area contributed by atoms with Gasteiger partial charge in [0.15, 0.2) is 12.9 Å².